The fourth-order valence-corrected chi connectivity index (χ4v) is 3.45. The molecule has 2 heterocycles. The van der Waals surface area contributed by atoms with E-state index >= 15 is 0 Å². The average molecular weight is 266 g/mol. The van der Waals surface area contributed by atoms with Crippen LogP contribution in [-0.2, 0) is 9.59 Å². The molecule has 2 rings (SSSR count). The highest BCUT2D eigenvalue weighted by atomic mass is 16.2. The predicted octanol–water partition coefficient (Wildman–Crippen LogP) is 1.88. The quantitative estimate of drug-likeness (QED) is 0.830. The van der Waals surface area contributed by atoms with Crippen molar-refractivity contribution >= 4 is 11.7 Å². The molecule has 4 heteroatoms. The van der Waals surface area contributed by atoms with E-state index in [1.165, 1.54) is 6.42 Å². The Hall–Kier alpha value is -0.900. The molecule has 4 nitrogen and oxygen atoms in total. The number of ketones is 1. The van der Waals surface area contributed by atoms with E-state index < -0.39 is 0 Å². The number of Topliss-reactive ketones (excluding diaryl/α,β-unsaturated/α-hetero) is 1. The number of rotatable bonds is 2. The van der Waals surface area contributed by atoms with Crippen molar-refractivity contribution in [1.82, 2.24) is 10.2 Å². The van der Waals surface area contributed by atoms with Crippen LogP contribution in [0.4, 0.5) is 0 Å². The molecule has 0 aromatic carbocycles. The highest BCUT2D eigenvalue weighted by Gasteiger charge is 2.42. The van der Waals surface area contributed by atoms with Gasteiger partial charge in [-0.15, -0.1) is 0 Å². The van der Waals surface area contributed by atoms with Gasteiger partial charge >= 0.3 is 0 Å². The van der Waals surface area contributed by atoms with Crippen LogP contribution in [0.1, 0.15) is 59.8 Å². The summed E-state index contributed by atoms with van der Waals surface area (Å²) in [5, 5.41) is 3.05. The second kappa shape index (κ2) is 5.23. The first-order valence-electron chi connectivity index (χ1n) is 7.39. The van der Waals surface area contributed by atoms with Gasteiger partial charge in [-0.1, -0.05) is 6.42 Å². The Morgan fingerprint density at radius 3 is 2.26 bits per heavy atom. The monoisotopic (exact) mass is 266 g/mol. The number of amides is 1. The largest absolute Gasteiger partial charge is 0.350 e. The van der Waals surface area contributed by atoms with Gasteiger partial charge in [0.1, 0.15) is 5.78 Å². The number of nitrogens with zero attached hydrogens (tertiary/aromatic N) is 1. The molecule has 108 valence electrons. The van der Waals surface area contributed by atoms with Crippen LogP contribution in [0.25, 0.3) is 0 Å². The van der Waals surface area contributed by atoms with E-state index in [9.17, 15) is 9.59 Å². The molecule has 0 aromatic rings. The molecule has 1 N–H and O–H groups in total. The number of piperidine rings is 2. The summed E-state index contributed by atoms with van der Waals surface area (Å²) in [6.45, 7) is 7.97. The van der Waals surface area contributed by atoms with E-state index in [0.717, 1.165) is 12.8 Å². The zero-order chi connectivity index (χ0) is 14.2. The third kappa shape index (κ3) is 3.35. The second-order valence-electron chi connectivity index (χ2n) is 7.05. The molecule has 0 aliphatic carbocycles. The van der Waals surface area contributed by atoms with Crippen LogP contribution in [-0.4, -0.2) is 40.3 Å². The Kier molecular flexibility index (Phi) is 4.00. The Labute approximate surface area is 115 Å². The van der Waals surface area contributed by atoms with Gasteiger partial charge in [0.05, 0.1) is 6.04 Å². The maximum Gasteiger partial charge on any atom is 0.237 e. The summed E-state index contributed by atoms with van der Waals surface area (Å²) < 4.78 is 0. The van der Waals surface area contributed by atoms with E-state index in [0.29, 0.717) is 18.6 Å². The summed E-state index contributed by atoms with van der Waals surface area (Å²) in [5.41, 5.74) is -0.202. The van der Waals surface area contributed by atoms with Crippen molar-refractivity contribution in [3.05, 3.63) is 0 Å². The lowest BCUT2D eigenvalue weighted by Gasteiger charge is -2.48. The summed E-state index contributed by atoms with van der Waals surface area (Å²) in [6, 6.07) is 0.420. The maximum atomic E-state index is 12.3. The van der Waals surface area contributed by atoms with Crippen LogP contribution in [0.5, 0.6) is 0 Å². The summed E-state index contributed by atoms with van der Waals surface area (Å²) in [4.78, 5) is 26.3. The second-order valence-corrected chi connectivity index (χ2v) is 7.05. The molecule has 2 saturated heterocycles. The van der Waals surface area contributed by atoms with Crippen molar-refractivity contribution in [2.24, 2.45) is 0 Å². The van der Waals surface area contributed by atoms with Gasteiger partial charge in [0.25, 0.3) is 0 Å². The minimum absolute atomic E-state index is 0.0822. The topological polar surface area (TPSA) is 49.4 Å². The van der Waals surface area contributed by atoms with Gasteiger partial charge in [-0.2, -0.15) is 0 Å². The lowest BCUT2D eigenvalue weighted by Crippen LogP contribution is -2.61. The van der Waals surface area contributed by atoms with Crippen molar-refractivity contribution in [2.45, 2.75) is 83.5 Å². The standard InChI is InChI=1S/C15H26N2O2/c1-10(14(19)16-15(2,3)4)17-11-6-5-7-12(17)9-13(18)8-11/h10-12H,5-9H2,1-4H3,(H,16,19). The van der Waals surface area contributed by atoms with Crippen LogP contribution < -0.4 is 5.32 Å². The molecule has 1 amide bonds. The first-order valence-corrected chi connectivity index (χ1v) is 7.39. The molecule has 19 heavy (non-hydrogen) atoms. The van der Waals surface area contributed by atoms with Gasteiger partial charge in [-0.05, 0) is 40.5 Å². The van der Waals surface area contributed by atoms with Crippen LogP contribution >= 0.6 is 0 Å². The molecule has 2 fully saturated rings. The van der Waals surface area contributed by atoms with Gasteiger partial charge in [0.15, 0.2) is 0 Å². The average Bonchev–Trinajstić information content (AvgIpc) is 2.24. The van der Waals surface area contributed by atoms with Crippen LogP contribution in [0.2, 0.25) is 0 Å². The SMILES string of the molecule is CC(C(=O)NC(C)(C)C)N1C2CCCC1CC(=O)C2. The number of fused-ring (bicyclic) bond motifs is 2. The zero-order valence-electron chi connectivity index (χ0n) is 12.5. The molecular weight excluding hydrogens is 240 g/mol. The molecule has 2 aliphatic heterocycles. The van der Waals surface area contributed by atoms with Gasteiger partial charge in [0, 0.05) is 30.5 Å². The zero-order valence-corrected chi connectivity index (χ0v) is 12.5. The molecule has 0 saturated carbocycles. The van der Waals surface area contributed by atoms with Crippen LogP contribution in [0, 0.1) is 0 Å². The molecule has 3 unspecified atom stereocenters. The minimum Gasteiger partial charge on any atom is -0.350 e. The lowest BCUT2D eigenvalue weighted by atomic mass is 9.82. The fraction of sp³-hybridized carbons (Fsp3) is 0.867. The highest BCUT2D eigenvalue weighted by Crippen LogP contribution is 2.34. The first kappa shape index (κ1) is 14.5. The summed E-state index contributed by atoms with van der Waals surface area (Å²) in [6.07, 6.45) is 4.55. The fourth-order valence-electron chi connectivity index (χ4n) is 3.45. The van der Waals surface area contributed by atoms with Gasteiger partial charge in [0.2, 0.25) is 5.91 Å². The number of hydrogen-bond donors (Lipinski definition) is 1. The van der Waals surface area contributed by atoms with E-state index in [4.69, 9.17) is 0 Å². The lowest BCUT2D eigenvalue weighted by molar-refractivity contribution is -0.138. The molecule has 2 aliphatic rings. The summed E-state index contributed by atoms with van der Waals surface area (Å²) in [7, 11) is 0. The number of carbonyl (C=O) groups excluding carboxylic acids is 2. The Bertz CT molecular complexity index is 357. The van der Waals surface area contributed by atoms with Gasteiger partial charge < -0.3 is 5.32 Å². The molecule has 2 bridgehead atoms. The van der Waals surface area contributed by atoms with E-state index in [2.05, 4.69) is 10.2 Å². The van der Waals surface area contributed by atoms with E-state index in [1.54, 1.807) is 0 Å². The maximum absolute atomic E-state index is 12.3. The number of carbonyl (C=O) groups is 2. The van der Waals surface area contributed by atoms with Crippen molar-refractivity contribution in [1.29, 1.82) is 0 Å². The molecule has 0 aromatic heterocycles. The smallest absolute Gasteiger partial charge is 0.237 e. The van der Waals surface area contributed by atoms with Crippen molar-refractivity contribution in [2.75, 3.05) is 0 Å². The molecular formula is C15H26N2O2. The number of hydrogen-bond acceptors (Lipinski definition) is 3. The first-order chi connectivity index (χ1) is 8.78. The predicted molar refractivity (Wildman–Crippen MR) is 74.9 cm³/mol. The Morgan fingerprint density at radius 1 is 1.26 bits per heavy atom. The normalized spacial score (nSPS) is 30.0. The van der Waals surface area contributed by atoms with E-state index in [1.807, 2.05) is 27.7 Å². The summed E-state index contributed by atoms with van der Waals surface area (Å²) >= 11 is 0. The molecule has 0 radical (unpaired) electrons. The van der Waals surface area contributed by atoms with Gasteiger partial charge in [-0.3, -0.25) is 14.5 Å². The van der Waals surface area contributed by atoms with Crippen molar-refractivity contribution < 1.29 is 9.59 Å². The number of nitrogens with one attached hydrogen (secondary N) is 1. The van der Waals surface area contributed by atoms with Crippen LogP contribution in [0.15, 0.2) is 0 Å². The summed E-state index contributed by atoms with van der Waals surface area (Å²) in [5.74, 6) is 0.452. The van der Waals surface area contributed by atoms with E-state index in [-0.39, 0.29) is 29.6 Å². The minimum atomic E-state index is -0.202. The van der Waals surface area contributed by atoms with Crippen LogP contribution in [0.3, 0.4) is 0 Å². The third-order valence-corrected chi connectivity index (χ3v) is 4.17. The van der Waals surface area contributed by atoms with Gasteiger partial charge in [-0.25, -0.2) is 0 Å². The molecule has 0 spiro atoms. The Balaban J connectivity index is 2.08. The van der Waals surface area contributed by atoms with Crippen molar-refractivity contribution in [3.8, 4) is 0 Å². The highest BCUT2D eigenvalue weighted by molar-refractivity contribution is 5.84. The third-order valence-electron chi connectivity index (χ3n) is 4.17. The van der Waals surface area contributed by atoms with Crippen molar-refractivity contribution in [3.63, 3.8) is 0 Å². The molecule has 3 atom stereocenters. The Morgan fingerprint density at radius 2 is 1.79 bits per heavy atom.